The fourth-order valence-electron chi connectivity index (χ4n) is 2.75. The normalized spacial score (nSPS) is 12.8. The molecule has 0 bridgehead atoms. The van der Waals surface area contributed by atoms with E-state index in [1.807, 2.05) is 0 Å². The zero-order valence-electron chi connectivity index (χ0n) is 24.5. The van der Waals surface area contributed by atoms with Crippen molar-refractivity contribution < 1.29 is 0 Å². The smallest absolute Gasteiger partial charge is 0.0307 e. The van der Waals surface area contributed by atoms with Gasteiger partial charge in [-0.25, -0.2) is 0 Å². The summed E-state index contributed by atoms with van der Waals surface area (Å²) in [5.41, 5.74) is 0. The van der Waals surface area contributed by atoms with Gasteiger partial charge in [-0.05, 0) is 0 Å². The molecule has 0 aliphatic carbocycles. The van der Waals surface area contributed by atoms with Crippen LogP contribution in [-0.4, -0.2) is 104 Å². The van der Waals surface area contributed by atoms with Gasteiger partial charge in [0.25, 0.3) is 0 Å². The van der Waals surface area contributed by atoms with Crippen molar-refractivity contribution in [1.29, 1.82) is 0 Å². The number of hydrogen-bond donors (Lipinski definition) is 0. The Morgan fingerprint density at radius 2 is 0.586 bits per heavy atom. The van der Waals surface area contributed by atoms with Crippen LogP contribution in [0.4, 0.5) is 0 Å². The van der Waals surface area contributed by atoms with Crippen molar-refractivity contribution in [2.45, 2.75) is 136 Å². The molecule has 0 aromatic heterocycles. The molecule has 0 aromatic carbocycles. The van der Waals surface area contributed by atoms with Crippen LogP contribution < -0.4 is 0 Å². The average Bonchev–Trinajstić information content (AvgIpc) is 2.18. The molecule has 0 saturated carbocycles. The minimum atomic E-state index is -0.654. The summed E-state index contributed by atoms with van der Waals surface area (Å²) < 4.78 is 2.62. The summed E-state index contributed by atoms with van der Waals surface area (Å²) in [5.74, 6) is 0. The van der Waals surface area contributed by atoms with Crippen molar-refractivity contribution in [1.82, 2.24) is 0 Å². The molecule has 0 rings (SSSR count). The molecule has 0 nitrogen and oxygen atoms in total. The van der Waals surface area contributed by atoms with Gasteiger partial charge in [0.15, 0.2) is 0 Å². The first-order chi connectivity index (χ1) is 11.3. The molecule has 7 heteroatoms. The maximum Gasteiger partial charge on any atom is 0.0307 e. The van der Waals surface area contributed by atoms with Crippen LogP contribution in [0.15, 0.2) is 0 Å². The standard InChI is InChI=1S/C6H18Si3.4C4H9.2Li.2Sn/c1-7(2)9(5,6)8(3)4;4*1-4(2)3;;;;/h1-6H3;4*1-3H3;;;;. The molecule has 0 atom stereocenters. The van der Waals surface area contributed by atoms with Crippen molar-refractivity contribution in [3.63, 3.8) is 0 Å². The van der Waals surface area contributed by atoms with E-state index in [-0.39, 0.29) is 96.6 Å². The van der Waals surface area contributed by atoms with Crippen LogP contribution in [0.3, 0.4) is 0 Å². The van der Waals surface area contributed by atoms with Crippen LogP contribution in [0.2, 0.25) is 53.0 Å². The van der Waals surface area contributed by atoms with E-state index in [1.54, 1.807) is 0 Å². The number of hydrogen-bond acceptors (Lipinski definition) is 0. The van der Waals surface area contributed by atoms with E-state index in [1.165, 1.54) is 0 Å². The van der Waals surface area contributed by atoms with Crippen LogP contribution in [0.25, 0.3) is 0 Å². The van der Waals surface area contributed by atoms with Gasteiger partial charge in [0, 0.05) is 61.5 Å². The van der Waals surface area contributed by atoms with E-state index in [9.17, 15) is 0 Å². The molecule has 0 heterocycles. The quantitative estimate of drug-likeness (QED) is 0.266. The summed E-state index contributed by atoms with van der Waals surface area (Å²) in [5, 5.41) is 0. The van der Waals surface area contributed by atoms with Crippen molar-refractivity contribution in [3.05, 3.63) is 0 Å². The molecule has 8 radical (unpaired) electrons. The molecule has 0 amide bonds. The van der Waals surface area contributed by atoms with Gasteiger partial charge in [-0.15, -0.1) is 0 Å². The fourth-order valence-corrected chi connectivity index (χ4v) is 28.6. The van der Waals surface area contributed by atoms with Gasteiger partial charge in [0.05, 0.1) is 0 Å². The second-order valence-corrected chi connectivity index (χ2v) is 53.7. The molecular weight excluding hydrogens is 600 g/mol. The Kier molecular flexibility index (Phi) is 24.9. The van der Waals surface area contributed by atoms with Crippen LogP contribution >= 0.6 is 0 Å². The van der Waals surface area contributed by atoms with Gasteiger partial charge in [-0.1, -0.05) is 39.3 Å². The van der Waals surface area contributed by atoms with Crippen LogP contribution in [0.5, 0.6) is 0 Å². The molecule has 164 valence electrons. The minimum absolute atomic E-state index is 0. The fraction of sp³-hybridized carbons (Fsp3) is 1.00. The summed E-state index contributed by atoms with van der Waals surface area (Å²) in [7, 11) is -0.507. The monoisotopic (exact) mass is 656 g/mol. The van der Waals surface area contributed by atoms with Gasteiger partial charge < -0.3 is 0 Å². The Balaban J connectivity index is -0.0000000960. The van der Waals surface area contributed by atoms with Crippen molar-refractivity contribution in [3.8, 4) is 0 Å². The van der Waals surface area contributed by atoms with Crippen LogP contribution in [-0.2, 0) is 0 Å². The first-order valence-electron chi connectivity index (χ1n) is 10.5. The van der Waals surface area contributed by atoms with Crippen molar-refractivity contribution >= 4 is 104 Å². The third-order valence-corrected chi connectivity index (χ3v) is 41.6. The van der Waals surface area contributed by atoms with Crippen molar-refractivity contribution in [2.24, 2.45) is 0 Å². The maximum absolute atomic E-state index is 2.57. The Hall–Kier alpha value is 3.44. The second-order valence-electron chi connectivity index (χ2n) is 12.9. The van der Waals surface area contributed by atoms with Crippen LogP contribution in [0, 0.1) is 0 Å². The molecule has 0 fully saturated rings. The van der Waals surface area contributed by atoms with E-state index < -0.39 is 7.11 Å². The van der Waals surface area contributed by atoms with E-state index in [0.29, 0.717) is 13.7 Å². The summed E-state index contributed by atoms with van der Waals surface area (Å²) in [6.07, 6.45) is 0. The van der Waals surface area contributed by atoms with E-state index in [4.69, 9.17) is 0 Å². The Morgan fingerprint density at radius 1 is 0.448 bits per heavy atom. The molecule has 0 aromatic rings. The Labute approximate surface area is 237 Å². The third-order valence-electron chi connectivity index (χ3n) is 4.00. The minimum Gasteiger partial charge on any atom is -0.0735 e. The van der Waals surface area contributed by atoms with Gasteiger partial charge in [-0.2, -0.15) is 0 Å². The topological polar surface area (TPSA) is 0 Å². The van der Waals surface area contributed by atoms with Crippen molar-refractivity contribution in [2.75, 3.05) is 0 Å². The predicted octanol–water partition coefficient (Wildman–Crippen LogP) is 7.85. The van der Waals surface area contributed by atoms with Crippen LogP contribution in [0.1, 0.15) is 83.1 Å². The van der Waals surface area contributed by atoms with E-state index in [2.05, 4.69) is 122 Å². The molecular formula is C22H54Li2Si3Sn2. The summed E-state index contributed by atoms with van der Waals surface area (Å²) >= 11 is -0.363. The largest absolute Gasteiger partial charge is 0.0735 e. The van der Waals surface area contributed by atoms with E-state index in [0.717, 1.165) is 0 Å². The molecule has 0 unspecified atom stereocenters. The zero-order chi connectivity index (χ0) is 23.1. The first kappa shape index (κ1) is 42.6. The van der Waals surface area contributed by atoms with Gasteiger partial charge in [0.1, 0.15) is 0 Å². The number of rotatable bonds is 2. The van der Waals surface area contributed by atoms with Gasteiger partial charge >= 0.3 is 139 Å². The summed E-state index contributed by atoms with van der Waals surface area (Å²) in [6, 6.07) is 0. The Bertz CT molecular complexity index is 327. The maximum atomic E-state index is 2.57. The first-order valence-corrected chi connectivity index (χ1v) is 26.2. The van der Waals surface area contributed by atoms with Gasteiger partial charge in [-0.3, -0.25) is 0 Å². The molecule has 29 heavy (non-hydrogen) atoms. The third kappa shape index (κ3) is 36.2. The summed E-state index contributed by atoms with van der Waals surface area (Å²) in [4.78, 5) is 0. The van der Waals surface area contributed by atoms with Gasteiger partial charge in [0.2, 0.25) is 0 Å². The predicted molar refractivity (Wildman–Crippen MR) is 154 cm³/mol. The second kappa shape index (κ2) is 17.0. The molecule has 0 spiro atoms. The molecule has 0 N–H and O–H groups in total. The molecule has 0 aliphatic rings. The Morgan fingerprint density at radius 3 is 0.586 bits per heavy atom. The SMILES string of the molecule is C[C](C)(C)[Sn][C](C)(C)C.C[C](C)(C)[Sn][C](C)(C)C.C[Si](C)[Si](C)(C)[Si](C)C.[Li].[Li]. The summed E-state index contributed by atoms with van der Waals surface area (Å²) in [6.45, 7) is 43.4. The zero-order valence-corrected chi connectivity index (χ0v) is 33.2. The van der Waals surface area contributed by atoms with E-state index >= 15 is 0 Å². The molecule has 0 aliphatic heterocycles. The average molecular weight is 654 g/mol. The molecule has 0 saturated heterocycles.